The van der Waals surface area contributed by atoms with Gasteiger partial charge < -0.3 is 10.1 Å². The average Bonchev–Trinajstić information content (AvgIpc) is 3.18. The lowest BCUT2D eigenvalue weighted by atomic mass is 10.2. The monoisotopic (exact) mass is 457 g/mol. The van der Waals surface area contributed by atoms with E-state index in [4.69, 9.17) is 0 Å². The van der Waals surface area contributed by atoms with Gasteiger partial charge in [-0.15, -0.1) is 13.2 Å². The number of nitrogens with zero attached hydrogens (tertiary/aromatic N) is 4. The number of amides is 1. The Kier molecular flexibility index (Phi) is 5.62. The van der Waals surface area contributed by atoms with Gasteiger partial charge in [-0.05, 0) is 49.7 Å². The molecule has 1 amide bonds. The number of fused-ring (bicyclic) bond motifs is 1. The molecule has 4 aromatic rings. The number of aromatic nitrogens is 4. The molecule has 0 spiro atoms. The fraction of sp³-hybridized carbons (Fsp3) is 0.182. The summed E-state index contributed by atoms with van der Waals surface area (Å²) in [6.45, 7) is 3.21. The lowest BCUT2D eigenvalue weighted by molar-refractivity contribution is -0.274. The highest BCUT2D eigenvalue weighted by Crippen LogP contribution is 2.24. The van der Waals surface area contributed by atoms with Gasteiger partial charge in [0.2, 0.25) is 5.91 Å². The number of para-hydroxylation sites is 1. The standard InChI is InChI=1S/C22H18F3N5O3/c1-13-5-3-4-6-18(13)30-20-17(11-26-30)14(2)28-29(21(20)32)12-19(31)27-15-7-9-16(10-8-15)33-22(23,24)25/h3-11H,12H2,1-2H3,(H,27,31). The second kappa shape index (κ2) is 8.41. The summed E-state index contributed by atoms with van der Waals surface area (Å²) in [7, 11) is 0. The topological polar surface area (TPSA) is 91.0 Å². The van der Waals surface area contributed by atoms with E-state index in [0.29, 0.717) is 16.6 Å². The van der Waals surface area contributed by atoms with Gasteiger partial charge in [0.1, 0.15) is 17.8 Å². The van der Waals surface area contributed by atoms with Crippen molar-refractivity contribution in [2.45, 2.75) is 26.8 Å². The van der Waals surface area contributed by atoms with Gasteiger partial charge in [-0.3, -0.25) is 9.59 Å². The first-order valence-electron chi connectivity index (χ1n) is 9.79. The molecular formula is C22H18F3N5O3. The van der Waals surface area contributed by atoms with Crippen LogP contribution in [0.4, 0.5) is 18.9 Å². The van der Waals surface area contributed by atoms with E-state index in [-0.39, 0.29) is 5.69 Å². The van der Waals surface area contributed by atoms with Crippen LogP contribution in [0, 0.1) is 13.8 Å². The number of nitrogens with one attached hydrogen (secondary N) is 1. The number of halogens is 3. The molecule has 2 aromatic carbocycles. The maximum absolute atomic E-state index is 13.1. The van der Waals surface area contributed by atoms with Crippen molar-refractivity contribution < 1.29 is 22.7 Å². The third-order valence-corrected chi connectivity index (χ3v) is 4.88. The molecule has 0 aliphatic rings. The molecule has 0 unspecified atom stereocenters. The largest absolute Gasteiger partial charge is 0.573 e. The molecule has 2 aromatic heterocycles. The summed E-state index contributed by atoms with van der Waals surface area (Å²) in [5, 5.41) is 11.6. The number of alkyl halides is 3. The van der Waals surface area contributed by atoms with Gasteiger partial charge >= 0.3 is 6.36 Å². The number of carbonyl (C=O) groups excluding carboxylic acids is 1. The van der Waals surface area contributed by atoms with Crippen molar-refractivity contribution in [2.75, 3.05) is 5.32 Å². The Morgan fingerprint density at radius 2 is 1.79 bits per heavy atom. The van der Waals surface area contributed by atoms with E-state index >= 15 is 0 Å². The van der Waals surface area contributed by atoms with E-state index in [2.05, 4.69) is 20.3 Å². The van der Waals surface area contributed by atoms with Crippen molar-refractivity contribution in [1.82, 2.24) is 19.6 Å². The van der Waals surface area contributed by atoms with Crippen LogP contribution in [-0.4, -0.2) is 31.8 Å². The second-order valence-electron chi connectivity index (χ2n) is 7.27. The molecule has 0 bridgehead atoms. The van der Waals surface area contributed by atoms with Crippen LogP contribution in [0.2, 0.25) is 0 Å². The van der Waals surface area contributed by atoms with Crippen molar-refractivity contribution in [2.24, 2.45) is 0 Å². The predicted molar refractivity (Wildman–Crippen MR) is 114 cm³/mol. The number of anilines is 1. The molecule has 33 heavy (non-hydrogen) atoms. The first-order chi connectivity index (χ1) is 15.6. The summed E-state index contributed by atoms with van der Waals surface area (Å²) in [5.74, 6) is -0.987. The molecule has 170 valence electrons. The van der Waals surface area contributed by atoms with Gasteiger partial charge in [0.05, 0.1) is 17.6 Å². The number of carbonyl (C=O) groups is 1. The van der Waals surface area contributed by atoms with Gasteiger partial charge in [0.25, 0.3) is 5.56 Å². The molecule has 0 saturated carbocycles. The van der Waals surface area contributed by atoms with E-state index < -0.39 is 30.1 Å². The molecule has 0 fully saturated rings. The van der Waals surface area contributed by atoms with E-state index in [1.165, 1.54) is 16.8 Å². The predicted octanol–water partition coefficient (Wildman–Crippen LogP) is 3.74. The van der Waals surface area contributed by atoms with Crippen molar-refractivity contribution in [3.05, 3.63) is 76.3 Å². The zero-order chi connectivity index (χ0) is 23.8. The molecule has 0 atom stereocenters. The third kappa shape index (κ3) is 4.71. The summed E-state index contributed by atoms with van der Waals surface area (Å²) in [5.41, 5.74) is 2.20. The van der Waals surface area contributed by atoms with Gasteiger partial charge in [-0.1, -0.05) is 18.2 Å². The first kappa shape index (κ1) is 22.1. The summed E-state index contributed by atoms with van der Waals surface area (Å²) in [6, 6.07) is 12.1. The van der Waals surface area contributed by atoms with Crippen LogP contribution < -0.4 is 15.6 Å². The van der Waals surface area contributed by atoms with Crippen molar-refractivity contribution >= 4 is 22.5 Å². The maximum Gasteiger partial charge on any atom is 0.573 e. The van der Waals surface area contributed by atoms with Gasteiger partial charge in [0, 0.05) is 11.1 Å². The Balaban J connectivity index is 1.59. The Labute approximate surface area is 185 Å². The van der Waals surface area contributed by atoms with Crippen LogP contribution in [0.1, 0.15) is 11.3 Å². The number of rotatable bonds is 5. The number of hydrogen-bond acceptors (Lipinski definition) is 5. The lowest BCUT2D eigenvalue weighted by Crippen LogP contribution is -2.31. The molecule has 0 radical (unpaired) electrons. The Morgan fingerprint density at radius 1 is 1.09 bits per heavy atom. The van der Waals surface area contributed by atoms with Crippen LogP contribution in [0.5, 0.6) is 5.75 Å². The van der Waals surface area contributed by atoms with E-state index in [0.717, 1.165) is 28.1 Å². The quantitative estimate of drug-likeness (QED) is 0.493. The molecule has 0 aliphatic carbocycles. The average molecular weight is 457 g/mol. The molecule has 11 heteroatoms. The third-order valence-electron chi connectivity index (χ3n) is 4.88. The van der Waals surface area contributed by atoms with Gasteiger partial charge in [0.15, 0.2) is 0 Å². The zero-order valence-electron chi connectivity index (χ0n) is 17.6. The zero-order valence-corrected chi connectivity index (χ0v) is 17.6. The fourth-order valence-corrected chi connectivity index (χ4v) is 3.39. The van der Waals surface area contributed by atoms with E-state index in [1.54, 1.807) is 13.1 Å². The van der Waals surface area contributed by atoms with Gasteiger partial charge in [-0.25, -0.2) is 9.36 Å². The smallest absolute Gasteiger partial charge is 0.406 e. The van der Waals surface area contributed by atoms with Crippen LogP contribution >= 0.6 is 0 Å². The van der Waals surface area contributed by atoms with E-state index in [9.17, 15) is 22.8 Å². The first-order valence-corrected chi connectivity index (χ1v) is 9.79. The van der Waals surface area contributed by atoms with Crippen molar-refractivity contribution in [1.29, 1.82) is 0 Å². The minimum absolute atomic E-state index is 0.241. The second-order valence-corrected chi connectivity index (χ2v) is 7.27. The fourth-order valence-electron chi connectivity index (χ4n) is 3.39. The number of ether oxygens (including phenoxy) is 1. The van der Waals surface area contributed by atoms with Crippen LogP contribution in [0.3, 0.4) is 0 Å². The number of benzene rings is 2. The summed E-state index contributed by atoms with van der Waals surface area (Å²) >= 11 is 0. The van der Waals surface area contributed by atoms with Crippen LogP contribution in [0.25, 0.3) is 16.6 Å². The molecular weight excluding hydrogens is 439 g/mol. The van der Waals surface area contributed by atoms with Crippen molar-refractivity contribution in [3.63, 3.8) is 0 Å². The molecule has 4 rings (SSSR count). The Morgan fingerprint density at radius 3 is 2.45 bits per heavy atom. The Hall–Kier alpha value is -4.15. The minimum atomic E-state index is -4.81. The maximum atomic E-state index is 13.1. The molecule has 1 N–H and O–H groups in total. The lowest BCUT2D eigenvalue weighted by Gasteiger charge is -2.11. The van der Waals surface area contributed by atoms with Crippen LogP contribution in [-0.2, 0) is 11.3 Å². The molecule has 8 nitrogen and oxygen atoms in total. The minimum Gasteiger partial charge on any atom is -0.406 e. The number of aryl methyl sites for hydroxylation is 2. The molecule has 0 saturated heterocycles. The summed E-state index contributed by atoms with van der Waals surface area (Å²) in [6.07, 6.45) is -3.25. The summed E-state index contributed by atoms with van der Waals surface area (Å²) in [4.78, 5) is 25.6. The van der Waals surface area contributed by atoms with E-state index in [1.807, 2.05) is 31.2 Å². The Bertz CT molecular complexity index is 1390. The normalized spacial score (nSPS) is 11.5. The highest BCUT2D eigenvalue weighted by Gasteiger charge is 2.31. The highest BCUT2D eigenvalue weighted by atomic mass is 19.4. The SMILES string of the molecule is Cc1ccccc1-n1ncc2c(C)nn(CC(=O)Nc3ccc(OC(F)(F)F)cc3)c(=O)c21. The van der Waals surface area contributed by atoms with Gasteiger partial charge in [-0.2, -0.15) is 10.2 Å². The van der Waals surface area contributed by atoms with Crippen LogP contribution in [0.15, 0.2) is 59.5 Å². The summed E-state index contributed by atoms with van der Waals surface area (Å²) < 4.78 is 43.2. The highest BCUT2D eigenvalue weighted by molar-refractivity contribution is 5.90. The van der Waals surface area contributed by atoms with Crippen molar-refractivity contribution in [3.8, 4) is 11.4 Å². The molecule has 2 heterocycles. The molecule has 0 aliphatic heterocycles. The number of hydrogen-bond donors (Lipinski definition) is 1.